The molecule has 2 aromatic rings. The molecule has 112 valence electrons. The summed E-state index contributed by atoms with van der Waals surface area (Å²) < 4.78 is 36.8. The Kier molecular flexibility index (Phi) is 4.18. The van der Waals surface area contributed by atoms with Crippen LogP contribution in [0.3, 0.4) is 0 Å². The van der Waals surface area contributed by atoms with E-state index in [4.69, 9.17) is 0 Å². The molecule has 2 N–H and O–H groups in total. The molecule has 0 fully saturated rings. The van der Waals surface area contributed by atoms with Gasteiger partial charge in [-0.15, -0.1) is 0 Å². The zero-order valence-corrected chi connectivity index (χ0v) is 12.5. The van der Waals surface area contributed by atoms with Crippen molar-refractivity contribution in [3.05, 3.63) is 53.8 Å². The van der Waals surface area contributed by atoms with Crippen LogP contribution in [-0.4, -0.2) is 19.8 Å². The van der Waals surface area contributed by atoms with Crippen molar-refractivity contribution in [2.45, 2.75) is 17.9 Å². The molecule has 0 aliphatic heterocycles. The van der Waals surface area contributed by atoms with Crippen molar-refractivity contribution in [2.75, 3.05) is 11.6 Å². The number of sulfone groups is 1. The summed E-state index contributed by atoms with van der Waals surface area (Å²) in [5, 5.41) is 12.3. The fourth-order valence-electron chi connectivity index (χ4n) is 2.01. The fourth-order valence-corrected chi connectivity index (χ4v) is 2.68. The van der Waals surface area contributed by atoms with E-state index in [-0.39, 0.29) is 16.7 Å². The molecule has 0 radical (unpaired) electrons. The standard InChI is InChI=1S/C15H16FNO3S/c1-10(14-7-6-12(18)9-15(14)16)17-11-4-3-5-13(8-11)21(2,19)20/h3-10,17-18H,1-2H3. The molecule has 0 aliphatic carbocycles. The van der Waals surface area contributed by atoms with Crippen LogP contribution in [0.5, 0.6) is 5.75 Å². The minimum Gasteiger partial charge on any atom is -0.508 e. The molecular formula is C15H16FNO3S. The lowest BCUT2D eigenvalue weighted by atomic mass is 10.1. The number of phenols is 1. The zero-order chi connectivity index (χ0) is 15.6. The van der Waals surface area contributed by atoms with Gasteiger partial charge in [0.15, 0.2) is 9.84 Å². The Morgan fingerprint density at radius 3 is 2.52 bits per heavy atom. The molecular weight excluding hydrogens is 293 g/mol. The molecule has 1 atom stereocenters. The van der Waals surface area contributed by atoms with Gasteiger partial charge in [0.1, 0.15) is 11.6 Å². The molecule has 6 heteroatoms. The van der Waals surface area contributed by atoms with Gasteiger partial charge >= 0.3 is 0 Å². The van der Waals surface area contributed by atoms with Crippen molar-refractivity contribution < 1.29 is 17.9 Å². The average Bonchev–Trinajstić information content (AvgIpc) is 2.37. The Morgan fingerprint density at radius 1 is 1.19 bits per heavy atom. The number of hydrogen-bond acceptors (Lipinski definition) is 4. The highest BCUT2D eigenvalue weighted by Crippen LogP contribution is 2.25. The second-order valence-corrected chi connectivity index (χ2v) is 6.89. The van der Waals surface area contributed by atoms with Gasteiger partial charge in [-0.05, 0) is 31.2 Å². The van der Waals surface area contributed by atoms with Crippen LogP contribution in [0, 0.1) is 5.82 Å². The maximum absolute atomic E-state index is 13.8. The molecule has 0 amide bonds. The fraction of sp³-hybridized carbons (Fsp3) is 0.200. The number of anilines is 1. The van der Waals surface area contributed by atoms with Crippen LogP contribution in [0.4, 0.5) is 10.1 Å². The van der Waals surface area contributed by atoms with E-state index >= 15 is 0 Å². The summed E-state index contributed by atoms with van der Waals surface area (Å²) in [5.74, 6) is -0.656. The minimum absolute atomic E-state index is 0.137. The number of rotatable bonds is 4. The van der Waals surface area contributed by atoms with E-state index in [9.17, 15) is 17.9 Å². The number of nitrogens with one attached hydrogen (secondary N) is 1. The molecule has 0 aliphatic rings. The van der Waals surface area contributed by atoms with Crippen LogP contribution in [0.25, 0.3) is 0 Å². The van der Waals surface area contributed by atoms with Crippen LogP contribution in [0.1, 0.15) is 18.5 Å². The molecule has 1 unspecified atom stereocenters. The van der Waals surface area contributed by atoms with E-state index in [1.807, 2.05) is 0 Å². The maximum atomic E-state index is 13.8. The van der Waals surface area contributed by atoms with Crippen molar-refractivity contribution in [2.24, 2.45) is 0 Å². The average molecular weight is 309 g/mol. The van der Waals surface area contributed by atoms with Crippen molar-refractivity contribution >= 4 is 15.5 Å². The van der Waals surface area contributed by atoms with Crippen LogP contribution in [0.15, 0.2) is 47.4 Å². The van der Waals surface area contributed by atoms with Gasteiger partial charge in [0.2, 0.25) is 0 Å². The van der Waals surface area contributed by atoms with Crippen LogP contribution >= 0.6 is 0 Å². The van der Waals surface area contributed by atoms with Gasteiger partial charge in [0, 0.05) is 23.6 Å². The normalized spacial score (nSPS) is 12.9. The monoisotopic (exact) mass is 309 g/mol. The summed E-state index contributed by atoms with van der Waals surface area (Å²) in [6.45, 7) is 1.75. The number of aromatic hydroxyl groups is 1. The maximum Gasteiger partial charge on any atom is 0.175 e. The van der Waals surface area contributed by atoms with E-state index in [0.717, 1.165) is 12.3 Å². The molecule has 0 heterocycles. The van der Waals surface area contributed by atoms with Crippen molar-refractivity contribution in [1.82, 2.24) is 0 Å². The minimum atomic E-state index is -3.29. The molecule has 0 saturated carbocycles. The second-order valence-electron chi connectivity index (χ2n) is 4.87. The third kappa shape index (κ3) is 3.72. The van der Waals surface area contributed by atoms with Crippen molar-refractivity contribution in [1.29, 1.82) is 0 Å². The van der Waals surface area contributed by atoms with E-state index in [1.165, 1.54) is 24.3 Å². The Labute approximate surface area is 123 Å². The summed E-state index contributed by atoms with van der Waals surface area (Å²) in [4.78, 5) is 0.200. The summed E-state index contributed by atoms with van der Waals surface area (Å²) in [5.41, 5.74) is 0.968. The first-order valence-electron chi connectivity index (χ1n) is 6.32. The predicted molar refractivity (Wildman–Crippen MR) is 79.7 cm³/mol. The second kappa shape index (κ2) is 5.73. The lowest BCUT2D eigenvalue weighted by Gasteiger charge is -2.17. The Balaban J connectivity index is 2.25. The smallest absolute Gasteiger partial charge is 0.175 e. The third-order valence-corrected chi connectivity index (χ3v) is 4.21. The third-order valence-electron chi connectivity index (χ3n) is 3.10. The van der Waals surface area contributed by atoms with Gasteiger partial charge in [-0.25, -0.2) is 12.8 Å². The van der Waals surface area contributed by atoms with Crippen molar-refractivity contribution in [3.63, 3.8) is 0 Å². The lowest BCUT2D eigenvalue weighted by molar-refractivity contribution is 0.467. The Bertz CT molecular complexity index is 759. The first kappa shape index (κ1) is 15.3. The molecule has 0 spiro atoms. The molecule has 2 rings (SSSR count). The number of phenolic OH excluding ortho intramolecular Hbond substituents is 1. The Morgan fingerprint density at radius 2 is 1.90 bits per heavy atom. The van der Waals surface area contributed by atoms with Gasteiger partial charge < -0.3 is 10.4 Å². The van der Waals surface area contributed by atoms with E-state index in [0.29, 0.717) is 11.3 Å². The molecule has 0 saturated heterocycles. The predicted octanol–water partition coefficient (Wildman–Crippen LogP) is 3.11. The first-order chi connectivity index (χ1) is 9.77. The van der Waals surface area contributed by atoms with Crippen molar-refractivity contribution in [3.8, 4) is 5.75 Å². The summed E-state index contributed by atoms with van der Waals surface area (Å²) >= 11 is 0. The highest BCUT2D eigenvalue weighted by atomic mass is 32.2. The van der Waals surface area contributed by atoms with Crippen LogP contribution < -0.4 is 5.32 Å². The number of halogens is 1. The zero-order valence-electron chi connectivity index (χ0n) is 11.7. The molecule has 2 aromatic carbocycles. The van der Waals surface area contributed by atoms with Gasteiger partial charge in [0.25, 0.3) is 0 Å². The van der Waals surface area contributed by atoms with Gasteiger partial charge in [-0.2, -0.15) is 0 Å². The summed E-state index contributed by atoms with van der Waals surface area (Å²) in [6.07, 6.45) is 1.13. The topological polar surface area (TPSA) is 66.4 Å². The van der Waals surface area contributed by atoms with E-state index in [2.05, 4.69) is 5.32 Å². The largest absolute Gasteiger partial charge is 0.508 e. The highest BCUT2D eigenvalue weighted by Gasteiger charge is 2.13. The number of hydrogen-bond donors (Lipinski definition) is 2. The van der Waals surface area contributed by atoms with Crippen LogP contribution in [0.2, 0.25) is 0 Å². The van der Waals surface area contributed by atoms with Crippen LogP contribution in [-0.2, 0) is 9.84 Å². The summed E-state index contributed by atoms with van der Waals surface area (Å²) in [7, 11) is -3.29. The van der Waals surface area contributed by atoms with E-state index in [1.54, 1.807) is 19.1 Å². The van der Waals surface area contributed by atoms with E-state index < -0.39 is 15.7 Å². The SMILES string of the molecule is CC(Nc1cccc(S(C)(=O)=O)c1)c1ccc(O)cc1F. The molecule has 0 aromatic heterocycles. The molecule has 0 bridgehead atoms. The van der Waals surface area contributed by atoms with Gasteiger partial charge in [-0.1, -0.05) is 12.1 Å². The Hall–Kier alpha value is -2.08. The molecule has 21 heavy (non-hydrogen) atoms. The van der Waals surface area contributed by atoms with Gasteiger partial charge in [-0.3, -0.25) is 0 Å². The lowest BCUT2D eigenvalue weighted by Crippen LogP contribution is -2.09. The first-order valence-corrected chi connectivity index (χ1v) is 8.21. The highest BCUT2D eigenvalue weighted by molar-refractivity contribution is 7.90. The molecule has 4 nitrogen and oxygen atoms in total. The number of benzene rings is 2. The summed E-state index contributed by atoms with van der Waals surface area (Å²) in [6, 6.07) is 9.91. The van der Waals surface area contributed by atoms with Gasteiger partial charge in [0.05, 0.1) is 10.9 Å². The quantitative estimate of drug-likeness (QED) is 0.910.